The van der Waals surface area contributed by atoms with Crippen molar-refractivity contribution in [2.45, 2.75) is 25.9 Å². The van der Waals surface area contributed by atoms with Gasteiger partial charge in [-0.1, -0.05) is 6.07 Å². The number of fused-ring (bicyclic) bond motifs is 1. The molecule has 4 heteroatoms. The Hall–Kier alpha value is -0.450. The topological polar surface area (TPSA) is 15.3 Å². The summed E-state index contributed by atoms with van der Waals surface area (Å²) in [5.74, 6) is 1.31. The molecule has 2 unspecified atom stereocenters. The summed E-state index contributed by atoms with van der Waals surface area (Å²) in [6.45, 7) is 8.98. The van der Waals surface area contributed by atoms with Crippen molar-refractivity contribution in [3.8, 4) is 0 Å². The number of nitrogens with one attached hydrogen (secondary N) is 1. The monoisotopic (exact) mass is 326 g/mol. The van der Waals surface area contributed by atoms with Gasteiger partial charge in [0.25, 0.3) is 0 Å². The predicted molar refractivity (Wildman–Crippen MR) is 78.4 cm³/mol. The van der Waals surface area contributed by atoms with Gasteiger partial charge in [-0.15, -0.1) is 0 Å². The second-order valence-corrected chi connectivity index (χ2v) is 7.16. The molecule has 0 aromatic heterocycles. The van der Waals surface area contributed by atoms with Gasteiger partial charge in [0, 0.05) is 25.2 Å². The molecule has 2 nitrogen and oxygen atoms in total. The van der Waals surface area contributed by atoms with Crippen molar-refractivity contribution in [2.75, 3.05) is 19.6 Å². The van der Waals surface area contributed by atoms with Crippen LogP contribution in [0.3, 0.4) is 0 Å². The molecule has 1 N–H and O–H groups in total. The molecule has 0 spiro atoms. The zero-order chi connectivity index (χ0) is 13.6. The summed E-state index contributed by atoms with van der Waals surface area (Å²) in [4.78, 5) is 2.54. The molecule has 104 valence electrons. The highest BCUT2D eigenvalue weighted by atomic mass is 79.9. The molecule has 2 fully saturated rings. The van der Waals surface area contributed by atoms with Crippen LogP contribution in [0.1, 0.15) is 19.4 Å². The van der Waals surface area contributed by atoms with E-state index in [-0.39, 0.29) is 11.4 Å². The lowest BCUT2D eigenvalue weighted by Gasteiger charge is -2.35. The van der Waals surface area contributed by atoms with Crippen LogP contribution in [0.4, 0.5) is 4.39 Å². The Morgan fingerprint density at radius 1 is 1.42 bits per heavy atom. The largest absolute Gasteiger partial charge is 0.316 e. The smallest absolute Gasteiger partial charge is 0.137 e. The molecule has 2 aliphatic rings. The number of halogens is 2. The lowest BCUT2D eigenvalue weighted by atomic mass is 9.85. The zero-order valence-electron chi connectivity index (χ0n) is 11.4. The van der Waals surface area contributed by atoms with Gasteiger partial charge in [0.15, 0.2) is 0 Å². The van der Waals surface area contributed by atoms with Gasteiger partial charge < -0.3 is 5.32 Å². The molecule has 0 radical (unpaired) electrons. The van der Waals surface area contributed by atoms with Crippen molar-refractivity contribution < 1.29 is 4.39 Å². The molecule has 19 heavy (non-hydrogen) atoms. The maximum Gasteiger partial charge on any atom is 0.137 e. The van der Waals surface area contributed by atoms with Crippen LogP contribution < -0.4 is 5.32 Å². The summed E-state index contributed by atoms with van der Waals surface area (Å²) in [5, 5.41) is 3.50. The number of benzene rings is 1. The molecule has 1 aromatic rings. The van der Waals surface area contributed by atoms with Crippen molar-refractivity contribution in [1.29, 1.82) is 0 Å². The van der Waals surface area contributed by atoms with Gasteiger partial charge in [0.1, 0.15) is 5.82 Å². The SMILES string of the molecule is CC1(C)C2CNCC2CN1Cc1ccc(F)c(Br)c1. The van der Waals surface area contributed by atoms with Crippen molar-refractivity contribution in [1.82, 2.24) is 10.2 Å². The molecule has 1 aromatic carbocycles. The van der Waals surface area contributed by atoms with E-state index in [0.717, 1.165) is 38.0 Å². The van der Waals surface area contributed by atoms with E-state index < -0.39 is 0 Å². The van der Waals surface area contributed by atoms with Crippen LogP contribution in [-0.2, 0) is 6.54 Å². The number of hydrogen-bond acceptors (Lipinski definition) is 2. The van der Waals surface area contributed by atoms with Crippen molar-refractivity contribution in [3.05, 3.63) is 34.1 Å². The van der Waals surface area contributed by atoms with Crippen LogP contribution in [0.5, 0.6) is 0 Å². The standard InChI is InChI=1S/C15H20BrFN2/c1-15(2)12-7-18-6-11(12)9-19(15)8-10-3-4-14(17)13(16)5-10/h3-5,11-12,18H,6-9H2,1-2H3. The average molecular weight is 327 g/mol. The molecular weight excluding hydrogens is 307 g/mol. The Bertz CT molecular complexity index is 489. The minimum atomic E-state index is -0.189. The van der Waals surface area contributed by atoms with Gasteiger partial charge in [0.05, 0.1) is 4.47 Å². The first-order valence-corrected chi connectivity index (χ1v) is 7.67. The van der Waals surface area contributed by atoms with Gasteiger partial charge in [-0.05, 0) is 65.9 Å². The quantitative estimate of drug-likeness (QED) is 0.898. The zero-order valence-corrected chi connectivity index (χ0v) is 13.0. The third-order valence-corrected chi connectivity index (χ3v) is 5.48. The van der Waals surface area contributed by atoms with Gasteiger partial charge in [-0.3, -0.25) is 4.90 Å². The third-order valence-electron chi connectivity index (χ3n) is 4.87. The summed E-state index contributed by atoms with van der Waals surface area (Å²) in [5.41, 5.74) is 1.39. The van der Waals surface area contributed by atoms with E-state index in [1.165, 1.54) is 5.56 Å². The molecule has 0 saturated carbocycles. The van der Waals surface area contributed by atoms with Gasteiger partial charge in [0.2, 0.25) is 0 Å². The van der Waals surface area contributed by atoms with E-state index in [2.05, 4.69) is 40.0 Å². The minimum Gasteiger partial charge on any atom is -0.316 e. The first kappa shape index (κ1) is 13.5. The Kier molecular flexibility index (Phi) is 3.44. The first-order chi connectivity index (χ1) is 8.98. The number of nitrogens with zero attached hydrogens (tertiary/aromatic N) is 1. The molecule has 2 saturated heterocycles. The van der Waals surface area contributed by atoms with Gasteiger partial charge in [-0.2, -0.15) is 0 Å². The third kappa shape index (κ3) is 2.34. The number of rotatable bonds is 2. The number of likely N-dealkylation sites (tertiary alicyclic amines) is 1. The lowest BCUT2D eigenvalue weighted by Crippen LogP contribution is -2.43. The van der Waals surface area contributed by atoms with E-state index >= 15 is 0 Å². The molecule has 2 aliphatic heterocycles. The minimum absolute atomic E-state index is 0.189. The van der Waals surface area contributed by atoms with E-state index in [0.29, 0.717) is 4.47 Å². The van der Waals surface area contributed by atoms with Crippen LogP contribution in [0.2, 0.25) is 0 Å². The highest BCUT2D eigenvalue weighted by Gasteiger charge is 2.49. The van der Waals surface area contributed by atoms with Crippen LogP contribution in [0, 0.1) is 17.7 Å². The molecule has 2 heterocycles. The Morgan fingerprint density at radius 2 is 2.21 bits per heavy atom. The highest BCUT2D eigenvalue weighted by Crippen LogP contribution is 2.41. The normalized spacial score (nSPS) is 29.7. The van der Waals surface area contributed by atoms with Gasteiger partial charge in [-0.25, -0.2) is 4.39 Å². The van der Waals surface area contributed by atoms with Crippen LogP contribution in [-0.4, -0.2) is 30.1 Å². The average Bonchev–Trinajstić information content (AvgIpc) is 2.89. The highest BCUT2D eigenvalue weighted by molar-refractivity contribution is 9.10. The van der Waals surface area contributed by atoms with Crippen molar-refractivity contribution >= 4 is 15.9 Å². The number of hydrogen-bond donors (Lipinski definition) is 1. The summed E-state index contributed by atoms with van der Waals surface area (Å²) >= 11 is 3.27. The first-order valence-electron chi connectivity index (χ1n) is 6.88. The summed E-state index contributed by atoms with van der Waals surface area (Å²) < 4.78 is 13.8. The van der Waals surface area contributed by atoms with Crippen LogP contribution >= 0.6 is 15.9 Å². The fraction of sp³-hybridized carbons (Fsp3) is 0.600. The second-order valence-electron chi connectivity index (χ2n) is 6.31. The molecule has 0 bridgehead atoms. The summed E-state index contributed by atoms with van der Waals surface area (Å²) in [6.07, 6.45) is 0. The Morgan fingerprint density at radius 3 is 2.89 bits per heavy atom. The fourth-order valence-corrected chi connectivity index (χ4v) is 4.06. The predicted octanol–water partition coefficient (Wildman–Crippen LogP) is 3.02. The second kappa shape index (κ2) is 4.83. The fourth-order valence-electron chi connectivity index (χ4n) is 3.63. The van der Waals surface area contributed by atoms with Gasteiger partial charge >= 0.3 is 0 Å². The van der Waals surface area contributed by atoms with E-state index in [9.17, 15) is 4.39 Å². The molecule has 2 atom stereocenters. The van der Waals surface area contributed by atoms with E-state index in [1.54, 1.807) is 6.07 Å². The molecule has 0 amide bonds. The summed E-state index contributed by atoms with van der Waals surface area (Å²) in [6, 6.07) is 5.34. The molecular formula is C15H20BrFN2. The Balaban J connectivity index is 1.78. The van der Waals surface area contributed by atoms with Crippen molar-refractivity contribution in [2.24, 2.45) is 11.8 Å². The van der Waals surface area contributed by atoms with Crippen LogP contribution in [0.25, 0.3) is 0 Å². The molecule has 0 aliphatic carbocycles. The van der Waals surface area contributed by atoms with Crippen LogP contribution in [0.15, 0.2) is 22.7 Å². The lowest BCUT2D eigenvalue weighted by molar-refractivity contribution is 0.132. The maximum atomic E-state index is 13.3. The summed E-state index contributed by atoms with van der Waals surface area (Å²) in [7, 11) is 0. The maximum absolute atomic E-state index is 13.3. The van der Waals surface area contributed by atoms with E-state index in [4.69, 9.17) is 0 Å². The Labute approximate surface area is 122 Å². The molecule has 3 rings (SSSR count). The van der Waals surface area contributed by atoms with Crippen molar-refractivity contribution in [3.63, 3.8) is 0 Å². The van der Waals surface area contributed by atoms with E-state index in [1.807, 2.05) is 12.1 Å².